The summed E-state index contributed by atoms with van der Waals surface area (Å²) in [6.45, 7) is 1.86. The number of fused-ring (bicyclic) bond motifs is 1. The first kappa shape index (κ1) is 14.9. The molecule has 0 unspecified atom stereocenters. The fourth-order valence-electron chi connectivity index (χ4n) is 3.69. The van der Waals surface area contributed by atoms with E-state index in [1.54, 1.807) is 24.3 Å². The lowest BCUT2D eigenvalue weighted by molar-refractivity contribution is -0.136. The minimum atomic E-state index is 0.0772. The zero-order valence-corrected chi connectivity index (χ0v) is 12.8. The number of rotatable bonds is 3. The molecule has 1 saturated heterocycles. The second kappa shape index (κ2) is 6.83. The maximum absolute atomic E-state index is 12.3. The van der Waals surface area contributed by atoms with E-state index in [0.29, 0.717) is 17.2 Å². The van der Waals surface area contributed by atoms with E-state index >= 15 is 0 Å². The number of amides is 1. The van der Waals surface area contributed by atoms with Crippen molar-refractivity contribution in [2.24, 2.45) is 11.8 Å². The summed E-state index contributed by atoms with van der Waals surface area (Å²) < 4.78 is 5.56. The first-order valence-electron chi connectivity index (χ1n) is 8.17. The van der Waals surface area contributed by atoms with Gasteiger partial charge in [-0.15, -0.1) is 0 Å². The van der Waals surface area contributed by atoms with Crippen molar-refractivity contribution in [2.75, 3.05) is 19.7 Å². The highest BCUT2D eigenvalue weighted by molar-refractivity contribution is 5.77. The number of carbonyl (C=O) groups excluding carboxylic acids is 1. The quantitative estimate of drug-likeness (QED) is 0.862. The second-order valence-corrected chi connectivity index (χ2v) is 6.36. The summed E-state index contributed by atoms with van der Waals surface area (Å²) in [4.78, 5) is 14.3. The van der Waals surface area contributed by atoms with E-state index < -0.39 is 0 Å². The Bertz CT molecular complexity index is 561. The van der Waals surface area contributed by atoms with Gasteiger partial charge in [0.2, 0.25) is 0 Å². The van der Waals surface area contributed by atoms with Gasteiger partial charge in [-0.3, -0.25) is 4.79 Å². The van der Waals surface area contributed by atoms with Crippen LogP contribution < -0.4 is 4.74 Å². The molecule has 0 radical (unpaired) electrons. The maximum Gasteiger partial charge on any atom is 0.260 e. The lowest BCUT2D eigenvalue weighted by atomic mass is 9.75. The van der Waals surface area contributed by atoms with Crippen LogP contribution in [0.25, 0.3) is 0 Å². The lowest BCUT2D eigenvalue weighted by Crippen LogP contribution is -2.46. The van der Waals surface area contributed by atoms with Crippen molar-refractivity contribution in [3.05, 3.63) is 29.8 Å². The maximum atomic E-state index is 12.3. The van der Waals surface area contributed by atoms with Crippen LogP contribution in [0, 0.1) is 23.2 Å². The van der Waals surface area contributed by atoms with E-state index in [2.05, 4.69) is 6.07 Å². The molecule has 1 aromatic carbocycles. The van der Waals surface area contributed by atoms with Gasteiger partial charge in [-0.1, -0.05) is 19.3 Å². The topological polar surface area (TPSA) is 53.3 Å². The molecule has 0 aromatic heterocycles. The van der Waals surface area contributed by atoms with Crippen molar-refractivity contribution in [3.8, 4) is 11.8 Å². The Hall–Kier alpha value is -2.02. The molecule has 2 aliphatic rings. The van der Waals surface area contributed by atoms with Crippen LogP contribution in [-0.4, -0.2) is 30.5 Å². The molecule has 4 nitrogen and oxygen atoms in total. The molecule has 0 N–H and O–H groups in total. The number of ether oxygens (including phenoxy) is 1. The summed E-state index contributed by atoms with van der Waals surface area (Å²) in [7, 11) is 0. The number of likely N-dealkylation sites (tertiary alicyclic amines) is 1. The van der Waals surface area contributed by atoms with Crippen molar-refractivity contribution in [1.29, 1.82) is 5.26 Å². The highest BCUT2D eigenvalue weighted by Crippen LogP contribution is 2.36. The number of nitrogens with zero attached hydrogens (tertiary/aromatic N) is 2. The third kappa shape index (κ3) is 3.41. The Labute approximate surface area is 131 Å². The number of hydrogen-bond acceptors (Lipinski definition) is 3. The molecule has 4 heteroatoms. The van der Waals surface area contributed by atoms with E-state index in [4.69, 9.17) is 10.00 Å². The van der Waals surface area contributed by atoms with Gasteiger partial charge in [-0.05, 0) is 48.9 Å². The molecule has 1 aliphatic carbocycles. The van der Waals surface area contributed by atoms with Crippen LogP contribution in [0.15, 0.2) is 24.3 Å². The Morgan fingerprint density at radius 2 is 1.91 bits per heavy atom. The van der Waals surface area contributed by atoms with E-state index in [-0.39, 0.29) is 12.5 Å². The summed E-state index contributed by atoms with van der Waals surface area (Å²) in [6.07, 6.45) is 6.43. The number of carbonyl (C=O) groups is 1. The lowest BCUT2D eigenvalue weighted by Gasteiger charge is -2.41. The van der Waals surface area contributed by atoms with E-state index in [0.717, 1.165) is 25.4 Å². The zero-order valence-electron chi connectivity index (χ0n) is 12.8. The molecule has 2 atom stereocenters. The van der Waals surface area contributed by atoms with Crippen molar-refractivity contribution in [1.82, 2.24) is 4.90 Å². The molecule has 1 heterocycles. The molecule has 116 valence electrons. The third-order valence-electron chi connectivity index (χ3n) is 4.99. The molecule has 2 fully saturated rings. The average molecular weight is 298 g/mol. The van der Waals surface area contributed by atoms with Gasteiger partial charge in [0, 0.05) is 13.1 Å². The van der Waals surface area contributed by atoms with Gasteiger partial charge in [0.1, 0.15) is 5.75 Å². The van der Waals surface area contributed by atoms with E-state index in [1.165, 1.54) is 25.7 Å². The molecule has 22 heavy (non-hydrogen) atoms. The van der Waals surface area contributed by atoms with Crippen LogP contribution in [0.5, 0.6) is 5.75 Å². The fourth-order valence-corrected chi connectivity index (χ4v) is 3.69. The first-order chi connectivity index (χ1) is 10.8. The Balaban J connectivity index is 1.50. The number of benzene rings is 1. The standard InChI is InChI=1S/C18H22N2O2/c19-11-14-5-7-17(8-6-14)22-13-18(21)20-10-9-15-3-1-2-4-16(15)12-20/h5-8,15-16H,1-4,9-10,12-13H2/t15-,16-/m0/s1. The summed E-state index contributed by atoms with van der Waals surface area (Å²) in [5.74, 6) is 2.24. The van der Waals surface area contributed by atoms with Crippen molar-refractivity contribution >= 4 is 5.91 Å². The Kier molecular flexibility index (Phi) is 4.62. The minimum absolute atomic E-state index is 0.0772. The van der Waals surface area contributed by atoms with Gasteiger partial charge in [-0.25, -0.2) is 0 Å². The van der Waals surface area contributed by atoms with Crippen LogP contribution in [0.2, 0.25) is 0 Å². The smallest absolute Gasteiger partial charge is 0.260 e. The molecule has 3 rings (SSSR count). The highest BCUT2D eigenvalue weighted by atomic mass is 16.5. The predicted octanol–water partition coefficient (Wildman–Crippen LogP) is 2.98. The van der Waals surface area contributed by atoms with Gasteiger partial charge in [0.25, 0.3) is 5.91 Å². The van der Waals surface area contributed by atoms with E-state index in [1.807, 2.05) is 4.90 Å². The molecule has 1 aromatic rings. The van der Waals surface area contributed by atoms with Gasteiger partial charge >= 0.3 is 0 Å². The summed E-state index contributed by atoms with van der Waals surface area (Å²) in [5.41, 5.74) is 0.595. The van der Waals surface area contributed by atoms with Crippen LogP contribution in [0.1, 0.15) is 37.7 Å². The van der Waals surface area contributed by atoms with Crippen molar-refractivity contribution in [2.45, 2.75) is 32.1 Å². The monoisotopic (exact) mass is 298 g/mol. The Morgan fingerprint density at radius 3 is 2.64 bits per heavy atom. The van der Waals surface area contributed by atoms with E-state index in [9.17, 15) is 4.79 Å². The van der Waals surface area contributed by atoms with Crippen LogP contribution in [-0.2, 0) is 4.79 Å². The summed E-state index contributed by atoms with van der Waals surface area (Å²) in [5, 5.41) is 8.76. The second-order valence-electron chi connectivity index (χ2n) is 6.36. The number of nitriles is 1. The van der Waals surface area contributed by atoms with Gasteiger partial charge < -0.3 is 9.64 Å². The molecule has 0 spiro atoms. The van der Waals surface area contributed by atoms with Gasteiger partial charge in [0.05, 0.1) is 11.6 Å². The Morgan fingerprint density at radius 1 is 1.18 bits per heavy atom. The first-order valence-corrected chi connectivity index (χ1v) is 8.17. The molecular formula is C18H22N2O2. The number of piperidine rings is 1. The summed E-state index contributed by atoms with van der Waals surface area (Å²) in [6, 6.07) is 8.94. The average Bonchev–Trinajstić information content (AvgIpc) is 2.59. The minimum Gasteiger partial charge on any atom is -0.484 e. The fraction of sp³-hybridized carbons (Fsp3) is 0.556. The molecule has 1 amide bonds. The predicted molar refractivity (Wildman–Crippen MR) is 83.3 cm³/mol. The van der Waals surface area contributed by atoms with Crippen molar-refractivity contribution in [3.63, 3.8) is 0 Å². The van der Waals surface area contributed by atoms with Crippen LogP contribution in [0.3, 0.4) is 0 Å². The molecule has 1 aliphatic heterocycles. The normalized spacial score (nSPS) is 24.2. The molecular weight excluding hydrogens is 276 g/mol. The third-order valence-corrected chi connectivity index (χ3v) is 4.99. The number of hydrogen-bond donors (Lipinski definition) is 0. The largest absolute Gasteiger partial charge is 0.484 e. The van der Waals surface area contributed by atoms with Crippen molar-refractivity contribution < 1.29 is 9.53 Å². The summed E-state index contributed by atoms with van der Waals surface area (Å²) >= 11 is 0. The van der Waals surface area contributed by atoms with Crippen LogP contribution >= 0.6 is 0 Å². The highest BCUT2D eigenvalue weighted by Gasteiger charge is 2.32. The molecule has 0 bridgehead atoms. The van der Waals surface area contributed by atoms with Gasteiger partial charge in [0.15, 0.2) is 6.61 Å². The SMILES string of the molecule is N#Cc1ccc(OCC(=O)N2CC[C@@H]3CCCC[C@H]3C2)cc1. The zero-order chi connectivity index (χ0) is 15.4. The molecule has 1 saturated carbocycles. The van der Waals surface area contributed by atoms with Crippen LogP contribution in [0.4, 0.5) is 0 Å². The van der Waals surface area contributed by atoms with Gasteiger partial charge in [-0.2, -0.15) is 5.26 Å².